The molecular formula is C20H31NO4S2. The van der Waals surface area contributed by atoms with E-state index in [1.807, 2.05) is 24.3 Å². The van der Waals surface area contributed by atoms with Gasteiger partial charge in [0.15, 0.2) is 9.84 Å². The highest BCUT2D eigenvalue weighted by atomic mass is 32.2. The SMILES string of the molecule is CC(C)S(=O)(=O)NC1CCCS(=O)(=O)C1c1ccc(C2CCCCC2)cc1. The van der Waals surface area contributed by atoms with E-state index in [1.54, 1.807) is 13.8 Å². The Kier molecular flexibility index (Phi) is 6.33. The summed E-state index contributed by atoms with van der Waals surface area (Å²) in [7, 11) is -6.92. The Morgan fingerprint density at radius 2 is 1.52 bits per heavy atom. The Balaban J connectivity index is 1.87. The summed E-state index contributed by atoms with van der Waals surface area (Å²) in [5.41, 5.74) is 1.97. The number of rotatable bonds is 5. The predicted octanol–water partition coefficient (Wildman–Crippen LogP) is 3.68. The van der Waals surface area contributed by atoms with Crippen LogP contribution < -0.4 is 4.72 Å². The maximum atomic E-state index is 12.8. The molecule has 1 N–H and O–H groups in total. The lowest BCUT2D eigenvalue weighted by molar-refractivity contribution is 0.443. The molecule has 2 aliphatic rings. The molecule has 0 radical (unpaired) electrons. The first-order valence-corrected chi connectivity index (χ1v) is 13.3. The molecule has 1 aromatic carbocycles. The Morgan fingerprint density at radius 1 is 0.926 bits per heavy atom. The van der Waals surface area contributed by atoms with E-state index in [-0.39, 0.29) is 5.75 Å². The van der Waals surface area contributed by atoms with Gasteiger partial charge in [0.2, 0.25) is 10.0 Å². The number of sulfonamides is 1. The van der Waals surface area contributed by atoms with Crippen LogP contribution in [-0.2, 0) is 19.9 Å². The summed E-state index contributed by atoms with van der Waals surface area (Å²) in [5, 5.41) is -1.39. The molecule has 2 atom stereocenters. The van der Waals surface area contributed by atoms with Crippen LogP contribution in [0.2, 0.25) is 0 Å². The van der Waals surface area contributed by atoms with Crippen molar-refractivity contribution in [3.8, 4) is 0 Å². The van der Waals surface area contributed by atoms with Crippen molar-refractivity contribution in [2.75, 3.05) is 5.75 Å². The van der Waals surface area contributed by atoms with Gasteiger partial charge >= 0.3 is 0 Å². The van der Waals surface area contributed by atoms with E-state index >= 15 is 0 Å². The van der Waals surface area contributed by atoms with Crippen LogP contribution in [0.5, 0.6) is 0 Å². The lowest BCUT2D eigenvalue weighted by atomic mass is 9.83. The molecule has 1 saturated carbocycles. The zero-order valence-electron chi connectivity index (χ0n) is 16.2. The largest absolute Gasteiger partial charge is 0.228 e. The van der Waals surface area contributed by atoms with Crippen molar-refractivity contribution in [1.82, 2.24) is 4.72 Å². The summed E-state index contributed by atoms with van der Waals surface area (Å²) in [6, 6.07) is 7.28. The fourth-order valence-corrected chi connectivity index (χ4v) is 7.47. The maximum absolute atomic E-state index is 12.8. The fourth-order valence-electron chi connectivity index (χ4n) is 4.33. The smallest absolute Gasteiger partial charge is 0.214 e. The molecule has 27 heavy (non-hydrogen) atoms. The number of benzene rings is 1. The molecular weight excluding hydrogens is 382 g/mol. The van der Waals surface area contributed by atoms with Crippen LogP contribution >= 0.6 is 0 Å². The molecule has 7 heteroatoms. The summed E-state index contributed by atoms with van der Waals surface area (Å²) in [5.74, 6) is 0.674. The molecule has 1 aromatic rings. The van der Waals surface area contributed by atoms with E-state index in [0.29, 0.717) is 24.3 Å². The van der Waals surface area contributed by atoms with Gasteiger partial charge in [0.1, 0.15) is 5.25 Å². The van der Waals surface area contributed by atoms with Crippen molar-refractivity contribution in [3.05, 3.63) is 35.4 Å². The average Bonchev–Trinajstić information content (AvgIpc) is 2.62. The van der Waals surface area contributed by atoms with Crippen LogP contribution in [0, 0.1) is 0 Å². The zero-order chi connectivity index (χ0) is 19.7. The summed E-state index contributed by atoms with van der Waals surface area (Å²) in [4.78, 5) is 0. The zero-order valence-corrected chi connectivity index (χ0v) is 17.9. The first-order chi connectivity index (χ1) is 12.7. The Morgan fingerprint density at radius 3 is 2.11 bits per heavy atom. The topological polar surface area (TPSA) is 80.3 Å². The Labute approximate surface area is 163 Å². The molecule has 152 valence electrons. The highest BCUT2D eigenvalue weighted by Crippen LogP contribution is 2.37. The van der Waals surface area contributed by atoms with Gasteiger partial charge < -0.3 is 0 Å². The van der Waals surface area contributed by atoms with Gasteiger partial charge in [-0.05, 0) is 56.6 Å². The second-order valence-corrected chi connectivity index (χ2v) is 12.8. The van der Waals surface area contributed by atoms with Gasteiger partial charge in [0.25, 0.3) is 0 Å². The second kappa shape index (κ2) is 8.21. The summed E-state index contributed by atoms with van der Waals surface area (Å²) < 4.78 is 53.0. The first-order valence-electron chi connectivity index (χ1n) is 10.0. The lowest BCUT2D eigenvalue weighted by Gasteiger charge is -2.33. The van der Waals surface area contributed by atoms with Crippen LogP contribution in [0.1, 0.15) is 81.1 Å². The minimum Gasteiger partial charge on any atom is -0.228 e. The van der Waals surface area contributed by atoms with E-state index in [1.165, 1.54) is 37.7 Å². The quantitative estimate of drug-likeness (QED) is 0.798. The standard InChI is InChI=1S/C20H31NO4S2/c1-15(2)27(24,25)21-19-9-6-14-26(22,23)20(19)18-12-10-17(11-13-18)16-7-4-3-5-8-16/h10-13,15-16,19-21H,3-9,14H2,1-2H3. The van der Waals surface area contributed by atoms with Crippen LogP contribution in [0.3, 0.4) is 0 Å². The number of hydrogen-bond donors (Lipinski definition) is 1. The molecule has 3 rings (SSSR count). The fraction of sp³-hybridized carbons (Fsp3) is 0.700. The molecule has 0 amide bonds. The molecule has 1 saturated heterocycles. The molecule has 1 heterocycles. The molecule has 2 fully saturated rings. The highest BCUT2D eigenvalue weighted by Gasteiger charge is 2.40. The summed E-state index contributed by atoms with van der Waals surface area (Å²) >= 11 is 0. The molecule has 1 aliphatic carbocycles. The monoisotopic (exact) mass is 413 g/mol. The molecule has 5 nitrogen and oxygen atoms in total. The van der Waals surface area contributed by atoms with Gasteiger partial charge in [-0.2, -0.15) is 0 Å². The highest BCUT2D eigenvalue weighted by molar-refractivity contribution is 7.92. The van der Waals surface area contributed by atoms with Crippen molar-refractivity contribution in [1.29, 1.82) is 0 Å². The van der Waals surface area contributed by atoms with Crippen molar-refractivity contribution in [3.63, 3.8) is 0 Å². The van der Waals surface area contributed by atoms with Crippen molar-refractivity contribution < 1.29 is 16.8 Å². The van der Waals surface area contributed by atoms with Crippen molar-refractivity contribution in [2.45, 2.75) is 81.3 Å². The molecule has 1 aliphatic heterocycles. The normalized spacial score (nSPS) is 26.9. The van der Waals surface area contributed by atoms with Gasteiger partial charge in [-0.1, -0.05) is 43.5 Å². The van der Waals surface area contributed by atoms with Crippen LogP contribution in [0.15, 0.2) is 24.3 Å². The Hall–Kier alpha value is -0.920. The third-order valence-corrected chi connectivity index (χ3v) is 10.1. The van der Waals surface area contributed by atoms with Gasteiger partial charge in [0, 0.05) is 6.04 Å². The number of hydrogen-bond acceptors (Lipinski definition) is 4. The first kappa shape index (κ1) is 20.8. The van der Waals surface area contributed by atoms with Crippen molar-refractivity contribution in [2.24, 2.45) is 0 Å². The van der Waals surface area contributed by atoms with E-state index in [9.17, 15) is 16.8 Å². The average molecular weight is 414 g/mol. The lowest BCUT2D eigenvalue weighted by Crippen LogP contribution is -2.47. The number of sulfone groups is 1. The summed E-state index contributed by atoms with van der Waals surface area (Å²) in [6.07, 6.45) is 7.22. The molecule has 0 bridgehead atoms. The second-order valence-electron chi connectivity index (χ2n) is 8.25. The van der Waals surface area contributed by atoms with Crippen molar-refractivity contribution >= 4 is 19.9 Å². The van der Waals surface area contributed by atoms with Gasteiger partial charge in [-0.15, -0.1) is 0 Å². The summed E-state index contributed by atoms with van der Waals surface area (Å²) in [6.45, 7) is 3.21. The minimum absolute atomic E-state index is 0.113. The number of nitrogens with one attached hydrogen (secondary N) is 1. The molecule has 0 aromatic heterocycles. The van der Waals surface area contributed by atoms with Crippen LogP contribution in [0.25, 0.3) is 0 Å². The van der Waals surface area contributed by atoms with E-state index in [2.05, 4.69) is 4.72 Å². The van der Waals surface area contributed by atoms with E-state index < -0.39 is 36.4 Å². The third kappa shape index (κ3) is 4.74. The van der Waals surface area contributed by atoms with E-state index in [0.717, 1.165) is 0 Å². The molecule has 2 unspecified atom stereocenters. The van der Waals surface area contributed by atoms with Crippen LogP contribution in [0.4, 0.5) is 0 Å². The minimum atomic E-state index is -3.53. The van der Waals surface area contributed by atoms with E-state index in [4.69, 9.17) is 0 Å². The van der Waals surface area contributed by atoms with Gasteiger partial charge in [-0.25, -0.2) is 21.6 Å². The van der Waals surface area contributed by atoms with Crippen LogP contribution in [-0.4, -0.2) is 33.9 Å². The van der Waals surface area contributed by atoms with Gasteiger partial charge in [-0.3, -0.25) is 0 Å². The third-order valence-electron chi connectivity index (χ3n) is 5.97. The maximum Gasteiger partial charge on any atom is 0.214 e. The van der Waals surface area contributed by atoms with Gasteiger partial charge in [0.05, 0.1) is 11.0 Å². The predicted molar refractivity (Wildman–Crippen MR) is 109 cm³/mol. The Bertz CT molecular complexity index is 838. The molecule has 0 spiro atoms.